The molecule has 0 unspecified atom stereocenters. The molecule has 2 heterocycles. The first-order chi connectivity index (χ1) is 8.78. The van der Waals surface area contributed by atoms with Gasteiger partial charge < -0.3 is 15.1 Å². The van der Waals surface area contributed by atoms with E-state index in [4.69, 9.17) is 4.42 Å². The van der Waals surface area contributed by atoms with E-state index in [1.165, 1.54) is 0 Å². The normalized spacial score (nSPS) is 10.9. The Morgan fingerprint density at radius 2 is 2.21 bits per heavy atom. The number of thiazole rings is 1. The van der Waals surface area contributed by atoms with Crippen molar-refractivity contribution in [3.8, 4) is 0 Å². The second-order valence-electron chi connectivity index (χ2n) is 3.74. The number of nitrogens with one attached hydrogen (secondary N) is 2. The van der Waals surface area contributed by atoms with Crippen molar-refractivity contribution in [1.82, 2.24) is 15.6 Å². The average molecular weight is 392 g/mol. The summed E-state index contributed by atoms with van der Waals surface area (Å²) in [6, 6.07) is 3.79. The van der Waals surface area contributed by atoms with Crippen LogP contribution in [-0.4, -0.2) is 18.0 Å². The van der Waals surface area contributed by atoms with Crippen LogP contribution in [0.15, 0.2) is 33.2 Å². The third-order valence-electron chi connectivity index (χ3n) is 2.31. The molecule has 2 aromatic rings. The van der Waals surface area contributed by atoms with Gasteiger partial charge in [0.15, 0.2) is 5.96 Å². The zero-order valence-corrected chi connectivity index (χ0v) is 14.0. The van der Waals surface area contributed by atoms with Gasteiger partial charge in [-0.05, 0) is 19.1 Å². The van der Waals surface area contributed by atoms with E-state index in [9.17, 15) is 0 Å². The van der Waals surface area contributed by atoms with E-state index >= 15 is 0 Å². The molecule has 0 bridgehead atoms. The molecule has 0 aliphatic rings. The highest BCUT2D eigenvalue weighted by atomic mass is 127. The Morgan fingerprint density at radius 3 is 2.79 bits per heavy atom. The number of aliphatic imine (C=N–C) groups is 1. The molecule has 0 aliphatic carbocycles. The summed E-state index contributed by atoms with van der Waals surface area (Å²) in [4.78, 5) is 8.52. The summed E-state index contributed by atoms with van der Waals surface area (Å²) in [7, 11) is 1.74. The summed E-state index contributed by atoms with van der Waals surface area (Å²) in [5.74, 6) is 1.61. The molecule has 7 heteroatoms. The van der Waals surface area contributed by atoms with E-state index in [1.54, 1.807) is 24.6 Å². The summed E-state index contributed by atoms with van der Waals surface area (Å²) in [5, 5.41) is 9.46. The van der Waals surface area contributed by atoms with Gasteiger partial charge in [-0.2, -0.15) is 0 Å². The zero-order chi connectivity index (χ0) is 12.8. The maximum Gasteiger partial charge on any atom is 0.191 e. The van der Waals surface area contributed by atoms with Crippen molar-refractivity contribution in [3.63, 3.8) is 0 Å². The molecule has 0 fully saturated rings. The number of hydrogen-bond acceptors (Lipinski definition) is 4. The highest BCUT2D eigenvalue weighted by molar-refractivity contribution is 14.0. The molecule has 104 valence electrons. The molecule has 2 aromatic heterocycles. The zero-order valence-electron chi connectivity index (χ0n) is 10.8. The second kappa shape index (κ2) is 8.16. The van der Waals surface area contributed by atoms with Gasteiger partial charge in [0.05, 0.1) is 19.4 Å². The lowest BCUT2D eigenvalue weighted by atomic mass is 10.4. The second-order valence-corrected chi connectivity index (χ2v) is 4.68. The van der Waals surface area contributed by atoms with Crippen LogP contribution in [0.5, 0.6) is 0 Å². The standard InChI is InChI=1S/C12H16N4OS.HI/c1-9-8-18-11(16-9)7-15-12(13-2)14-6-10-4-3-5-17-10;/h3-5,8H,6-7H2,1-2H3,(H2,13,14,15);1H. The smallest absolute Gasteiger partial charge is 0.191 e. The molecular formula is C12H17IN4OS. The Bertz CT molecular complexity index is 510. The number of rotatable bonds is 4. The Morgan fingerprint density at radius 1 is 1.42 bits per heavy atom. The molecule has 2 N–H and O–H groups in total. The Kier molecular flexibility index (Phi) is 6.85. The number of aromatic nitrogens is 1. The van der Waals surface area contributed by atoms with E-state index in [2.05, 4.69) is 20.6 Å². The Labute approximate surface area is 133 Å². The number of nitrogens with zero attached hydrogens (tertiary/aromatic N) is 2. The third kappa shape index (κ3) is 5.19. The minimum absolute atomic E-state index is 0. The number of hydrogen-bond donors (Lipinski definition) is 2. The summed E-state index contributed by atoms with van der Waals surface area (Å²) in [6.45, 7) is 3.28. The van der Waals surface area contributed by atoms with Gasteiger partial charge in [0, 0.05) is 18.1 Å². The van der Waals surface area contributed by atoms with Crippen LogP contribution in [0.25, 0.3) is 0 Å². The van der Waals surface area contributed by atoms with Crippen LogP contribution in [0.4, 0.5) is 0 Å². The van der Waals surface area contributed by atoms with E-state index in [0.717, 1.165) is 22.4 Å². The number of guanidine groups is 1. The lowest BCUT2D eigenvalue weighted by Crippen LogP contribution is -2.36. The molecule has 19 heavy (non-hydrogen) atoms. The van der Waals surface area contributed by atoms with Crippen LogP contribution < -0.4 is 10.6 Å². The fourth-order valence-electron chi connectivity index (χ4n) is 1.45. The lowest BCUT2D eigenvalue weighted by Gasteiger charge is -2.09. The van der Waals surface area contributed by atoms with Crippen LogP contribution >= 0.6 is 35.3 Å². The largest absolute Gasteiger partial charge is 0.467 e. The average Bonchev–Trinajstić information content (AvgIpc) is 3.01. The molecule has 2 rings (SSSR count). The SMILES string of the molecule is CN=C(NCc1ccco1)NCc1nc(C)cs1.I. The lowest BCUT2D eigenvalue weighted by molar-refractivity contribution is 0.501. The quantitative estimate of drug-likeness (QED) is 0.477. The van der Waals surface area contributed by atoms with Gasteiger partial charge in [-0.15, -0.1) is 35.3 Å². The van der Waals surface area contributed by atoms with Crippen LogP contribution in [0.1, 0.15) is 16.5 Å². The van der Waals surface area contributed by atoms with Crippen LogP contribution in [0, 0.1) is 6.92 Å². The summed E-state index contributed by atoms with van der Waals surface area (Å²) < 4.78 is 5.24. The first-order valence-corrected chi connectivity index (χ1v) is 6.54. The van der Waals surface area contributed by atoms with E-state index in [-0.39, 0.29) is 24.0 Å². The maximum atomic E-state index is 5.24. The predicted octanol–water partition coefficient (Wildman–Crippen LogP) is 2.53. The van der Waals surface area contributed by atoms with Gasteiger partial charge in [0.1, 0.15) is 10.8 Å². The highest BCUT2D eigenvalue weighted by Gasteiger charge is 2.02. The topological polar surface area (TPSA) is 62.5 Å². The van der Waals surface area contributed by atoms with Gasteiger partial charge in [-0.1, -0.05) is 0 Å². The van der Waals surface area contributed by atoms with E-state index in [1.807, 2.05) is 24.4 Å². The third-order valence-corrected chi connectivity index (χ3v) is 3.27. The molecule has 0 saturated carbocycles. The molecule has 0 spiro atoms. The Hall–Kier alpha value is -1.09. The van der Waals surface area contributed by atoms with Gasteiger partial charge in [0.2, 0.25) is 0 Å². The van der Waals surface area contributed by atoms with Crippen LogP contribution in [0.3, 0.4) is 0 Å². The summed E-state index contributed by atoms with van der Waals surface area (Å²) in [5.41, 5.74) is 1.05. The molecule has 5 nitrogen and oxygen atoms in total. The van der Waals surface area contributed by atoms with Gasteiger partial charge in [-0.3, -0.25) is 4.99 Å². The molecular weight excluding hydrogens is 375 g/mol. The molecule has 0 aromatic carbocycles. The predicted molar refractivity (Wildman–Crippen MR) is 88.0 cm³/mol. The van der Waals surface area contributed by atoms with Crippen molar-refractivity contribution in [2.24, 2.45) is 4.99 Å². The van der Waals surface area contributed by atoms with Gasteiger partial charge in [0.25, 0.3) is 0 Å². The summed E-state index contributed by atoms with van der Waals surface area (Å²) in [6.07, 6.45) is 1.66. The van der Waals surface area contributed by atoms with Crippen molar-refractivity contribution >= 4 is 41.3 Å². The number of halogens is 1. The van der Waals surface area contributed by atoms with Crippen molar-refractivity contribution in [2.75, 3.05) is 7.05 Å². The summed E-state index contributed by atoms with van der Waals surface area (Å²) >= 11 is 1.64. The minimum atomic E-state index is 0. The fraction of sp³-hybridized carbons (Fsp3) is 0.333. The highest BCUT2D eigenvalue weighted by Crippen LogP contribution is 2.07. The molecule has 0 radical (unpaired) electrons. The minimum Gasteiger partial charge on any atom is -0.467 e. The molecule has 0 aliphatic heterocycles. The van der Waals surface area contributed by atoms with Crippen molar-refractivity contribution in [2.45, 2.75) is 20.0 Å². The maximum absolute atomic E-state index is 5.24. The molecule has 0 amide bonds. The van der Waals surface area contributed by atoms with Gasteiger partial charge >= 0.3 is 0 Å². The number of furan rings is 1. The van der Waals surface area contributed by atoms with Crippen molar-refractivity contribution < 1.29 is 4.42 Å². The first kappa shape index (κ1) is 16.0. The fourth-order valence-corrected chi connectivity index (χ4v) is 2.16. The van der Waals surface area contributed by atoms with Crippen molar-refractivity contribution in [3.05, 3.63) is 40.2 Å². The van der Waals surface area contributed by atoms with Crippen molar-refractivity contribution in [1.29, 1.82) is 0 Å². The van der Waals surface area contributed by atoms with E-state index in [0.29, 0.717) is 13.1 Å². The number of aryl methyl sites for hydroxylation is 1. The monoisotopic (exact) mass is 392 g/mol. The molecule has 0 saturated heterocycles. The first-order valence-electron chi connectivity index (χ1n) is 5.66. The van der Waals surface area contributed by atoms with Crippen LogP contribution in [0.2, 0.25) is 0 Å². The van der Waals surface area contributed by atoms with Crippen LogP contribution in [-0.2, 0) is 13.1 Å². The Balaban J connectivity index is 0.00000180. The van der Waals surface area contributed by atoms with E-state index < -0.39 is 0 Å². The van der Waals surface area contributed by atoms with Gasteiger partial charge in [-0.25, -0.2) is 4.98 Å². The molecule has 0 atom stereocenters.